The normalized spacial score (nSPS) is 17.0. The fraction of sp³-hybridized carbons (Fsp3) is 0.536. The lowest BCUT2D eigenvalue weighted by atomic mass is 9.91. The van der Waals surface area contributed by atoms with Gasteiger partial charge >= 0.3 is 0 Å². The van der Waals surface area contributed by atoms with Crippen LogP contribution in [0.25, 0.3) is 0 Å². The maximum atomic E-state index is 2.55. The summed E-state index contributed by atoms with van der Waals surface area (Å²) in [6, 6.07) is 14.2. The molecule has 2 nitrogen and oxygen atoms in total. The van der Waals surface area contributed by atoms with Crippen LogP contribution >= 0.6 is 0 Å². The number of hydrogen-bond acceptors (Lipinski definition) is 1. The number of benzene rings is 2. The Morgan fingerprint density at radius 3 is 1.50 bits per heavy atom. The van der Waals surface area contributed by atoms with Crippen LogP contribution in [0.4, 0.5) is 11.4 Å². The molecule has 1 aliphatic heterocycles. The molecular formula is C28H41N2+. The molecule has 1 unspecified atom stereocenters. The molecule has 0 spiro atoms. The molecule has 0 aliphatic carbocycles. The average Bonchev–Trinajstić information content (AvgIpc) is 3.07. The van der Waals surface area contributed by atoms with Crippen LogP contribution in [-0.4, -0.2) is 23.5 Å². The highest BCUT2D eigenvalue weighted by Gasteiger charge is 2.36. The second kappa shape index (κ2) is 8.96. The van der Waals surface area contributed by atoms with E-state index in [-0.39, 0.29) is 0 Å². The highest BCUT2D eigenvalue weighted by atomic mass is 15.3. The first kappa shape index (κ1) is 22.6. The summed E-state index contributed by atoms with van der Waals surface area (Å²) in [4.78, 5) is 2.55. The van der Waals surface area contributed by atoms with Crippen molar-refractivity contribution in [2.45, 2.75) is 92.0 Å². The van der Waals surface area contributed by atoms with Crippen LogP contribution in [0.2, 0.25) is 0 Å². The van der Waals surface area contributed by atoms with Crippen molar-refractivity contribution in [3.8, 4) is 0 Å². The van der Waals surface area contributed by atoms with Crippen molar-refractivity contribution in [2.75, 3.05) is 11.4 Å². The zero-order valence-corrected chi connectivity index (χ0v) is 20.5. The number of para-hydroxylation sites is 2. The number of hydrogen-bond donors (Lipinski definition) is 0. The quantitative estimate of drug-likeness (QED) is 0.445. The zero-order chi connectivity index (χ0) is 22.2. The van der Waals surface area contributed by atoms with Gasteiger partial charge in [0.05, 0.1) is 0 Å². The van der Waals surface area contributed by atoms with Crippen molar-refractivity contribution >= 4 is 17.7 Å². The minimum Gasteiger partial charge on any atom is -0.229 e. The van der Waals surface area contributed by atoms with Gasteiger partial charge < -0.3 is 0 Å². The highest BCUT2D eigenvalue weighted by molar-refractivity contribution is 5.83. The molecule has 1 aliphatic rings. The van der Waals surface area contributed by atoms with Gasteiger partial charge in [-0.2, -0.15) is 0 Å². The first-order valence-corrected chi connectivity index (χ1v) is 11.8. The lowest BCUT2D eigenvalue weighted by Gasteiger charge is -2.23. The number of rotatable bonds is 6. The fourth-order valence-corrected chi connectivity index (χ4v) is 4.76. The molecular weight excluding hydrogens is 364 g/mol. The van der Waals surface area contributed by atoms with E-state index in [0.717, 1.165) is 6.54 Å². The molecule has 2 heteroatoms. The Morgan fingerprint density at radius 1 is 0.700 bits per heavy atom. The van der Waals surface area contributed by atoms with E-state index in [2.05, 4.69) is 115 Å². The molecule has 3 rings (SSSR count). The van der Waals surface area contributed by atoms with Crippen LogP contribution in [0.5, 0.6) is 0 Å². The minimum absolute atomic E-state index is 0.433. The monoisotopic (exact) mass is 405 g/mol. The Bertz CT molecular complexity index is 866. The third-order valence-electron chi connectivity index (χ3n) is 6.43. The molecule has 162 valence electrons. The molecule has 1 heterocycles. The van der Waals surface area contributed by atoms with Gasteiger partial charge in [0.15, 0.2) is 0 Å². The summed E-state index contributed by atoms with van der Waals surface area (Å²) in [5.74, 6) is 2.02. The van der Waals surface area contributed by atoms with E-state index < -0.39 is 0 Å². The summed E-state index contributed by atoms with van der Waals surface area (Å²) in [5, 5.41) is 0. The van der Waals surface area contributed by atoms with Crippen LogP contribution in [0, 0.1) is 0 Å². The summed E-state index contributed by atoms with van der Waals surface area (Å²) in [6.07, 6.45) is 2.39. The van der Waals surface area contributed by atoms with E-state index in [9.17, 15) is 0 Å². The lowest BCUT2D eigenvalue weighted by Crippen LogP contribution is -2.30. The van der Waals surface area contributed by atoms with Crippen LogP contribution in [-0.2, 0) is 0 Å². The van der Waals surface area contributed by atoms with Gasteiger partial charge in [0, 0.05) is 22.3 Å². The van der Waals surface area contributed by atoms with Crippen molar-refractivity contribution in [1.29, 1.82) is 0 Å². The molecule has 30 heavy (non-hydrogen) atoms. The molecule has 0 saturated carbocycles. The molecule has 0 saturated heterocycles. The van der Waals surface area contributed by atoms with Gasteiger partial charge in [-0.15, -0.1) is 0 Å². The van der Waals surface area contributed by atoms with E-state index in [4.69, 9.17) is 0 Å². The third kappa shape index (κ3) is 4.19. The van der Waals surface area contributed by atoms with Crippen molar-refractivity contribution in [2.24, 2.45) is 0 Å². The Kier molecular flexibility index (Phi) is 6.75. The summed E-state index contributed by atoms with van der Waals surface area (Å²) in [7, 11) is 0. The van der Waals surface area contributed by atoms with Crippen LogP contribution in [0.3, 0.4) is 0 Å². The van der Waals surface area contributed by atoms with Crippen molar-refractivity contribution < 1.29 is 4.58 Å². The largest absolute Gasteiger partial charge is 0.245 e. The first-order valence-electron chi connectivity index (χ1n) is 11.8. The summed E-state index contributed by atoms with van der Waals surface area (Å²) in [5.41, 5.74) is 8.65. The summed E-state index contributed by atoms with van der Waals surface area (Å²) < 4.78 is 2.52. The van der Waals surface area contributed by atoms with Gasteiger partial charge in [0.25, 0.3) is 0 Å². The van der Waals surface area contributed by atoms with E-state index in [1.54, 1.807) is 0 Å². The number of nitrogens with zero attached hydrogens (tertiary/aromatic N) is 2. The fourth-order valence-electron chi connectivity index (χ4n) is 4.76. The molecule has 0 amide bonds. The molecule has 0 N–H and O–H groups in total. The van der Waals surface area contributed by atoms with E-state index in [1.807, 2.05) is 0 Å². The molecule has 0 bridgehead atoms. The third-order valence-corrected chi connectivity index (χ3v) is 6.43. The van der Waals surface area contributed by atoms with Crippen molar-refractivity contribution in [1.82, 2.24) is 0 Å². The van der Waals surface area contributed by atoms with Gasteiger partial charge in [0.2, 0.25) is 6.34 Å². The molecule has 0 aromatic heterocycles. The predicted molar refractivity (Wildman–Crippen MR) is 132 cm³/mol. The predicted octanol–water partition coefficient (Wildman–Crippen LogP) is 7.76. The van der Waals surface area contributed by atoms with Gasteiger partial charge in [-0.25, -0.2) is 9.48 Å². The van der Waals surface area contributed by atoms with Crippen molar-refractivity contribution in [3.05, 3.63) is 58.7 Å². The maximum Gasteiger partial charge on any atom is 0.245 e. The Labute approximate surface area is 184 Å². The average molecular weight is 406 g/mol. The molecule has 2 aromatic rings. The standard InChI is InChI=1S/C28H41N2/c1-18(2)23-12-10-13-24(19(3)4)27(23)29-16-22(9)30(17-29)28-25(20(5)6)14-11-15-26(28)21(7)8/h10-15,17-22H,16H2,1-9H3/q+1. The van der Waals surface area contributed by atoms with Gasteiger partial charge in [0.1, 0.15) is 24.0 Å². The molecule has 1 atom stereocenters. The molecule has 2 aromatic carbocycles. The van der Waals surface area contributed by atoms with Crippen LogP contribution < -0.4 is 4.90 Å². The molecule has 0 fully saturated rings. The first-order chi connectivity index (χ1) is 14.1. The Balaban J connectivity index is 2.20. The summed E-state index contributed by atoms with van der Waals surface area (Å²) in [6.45, 7) is 21.9. The minimum atomic E-state index is 0.433. The van der Waals surface area contributed by atoms with E-state index >= 15 is 0 Å². The topological polar surface area (TPSA) is 6.25 Å². The Hall–Kier alpha value is -2.09. The maximum absolute atomic E-state index is 2.55. The van der Waals surface area contributed by atoms with Gasteiger partial charge in [-0.1, -0.05) is 91.8 Å². The molecule has 0 radical (unpaired) electrons. The van der Waals surface area contributed by atoms with E-state index in [1.165, 1.54) is 33.6 Å². The second-order valence-electron chi connectivity index (χ2n) is 10.2. The SMILES string of the molecule is CC(C)c1cccc(C(C)C)c1N1C=[N+](c2c(C(C)C)cccc2C(C)C)CC1C. The second-order valence-corrected chi connectivity index (χ2v) is 10.2. The van der Waals surface area contributed by atoms with Gasteiger partial charge in [-0.05, 0) is 30.6 Å². The summed E-state index contributed by atoms with van der Waals surface area (Å²) >= 11 is 0. The number of anilines is 1. The highest BCUT2D eigenvalue weighted by Crippen LogP contribution is 2.39. The Morgan fingerprint density at radius 2 is 1.10 bits per heavy atom. The zero-order valence-electron chi connectivity index (χ0n) is 20.5. The van der Waals surface area contributed by atoms with Crippen LogP contribution in [0.15, 0.2) is 36.4 Å². The lowest BCUT2D eigenvalue weighted by molar-refractivity contribution is -0.429. The smallest absolute Gasteiger partial charge is 0.229 e. The van der Waals surface area contributed by atoms with E-state index in [0.29, 0.717) is 29.7 Å². The van der Waals surface area contributed by atoms with Crippen LogP contribution in [0.1, 0.15) is 108 Å². The van der Waals surface area contributed by atoms with Crippen molar-refractivity contribution in [3.63, 3.8) is 0 Å². The van der Waals surface area contributed by atoms with Gasteiger partial charge in [-0.3, -0.25) is 0 Å².